The van der Waals surface area contributed by atoms with E-state index in [0.29, 0.717) is 5.92 Å². The topological polar surface area (TPSA) is 40.1 Å². The minimum Gasteiger partial charge on any atom is -0.384 e. The van der Waals surface area contributed by atoms with Gasteiger partial charge in [-0.15, -0.1) is 24.0 Å². The Bertz CT molecular complexity index is 298. The van der Waals surface area contributed by atoms with Gasteiger partial charge in [0.05, 0.1) is 6.61 Å². The normalized spacial score (nSPS) is 18.7. The van der Waals surface area contributed by atoms with Gasteiger partial charge in [-0.05, 0) is 39.4 Å². The van der Waals surface area contributed by atoms with E-state index >= 15 is 0 Å². The van der Waals surface area contributed by atoms with Crippen LogP contribution in [0.25, 0.3) is 0 Å². The van der Waals surface area contributed by atoms with Gasteiger partial charge in [0.2, 0.25) is 0 Å². The summed E-state index contributed by atoms with van der Waals surface area (Å²) in [6, 6.07) is 0. The molecule has 1 fully saturated rings. The van der Waals surface area contributed by atoms with Gasteiger partial charge in [0.1, 0.15) is 0 Å². The summed E-state index contributed by atoms with van der Waals surface area (Å²) in [5.41, 5.74) is 0. The third-order valence-corrected chi connectivity index (χ3v) is 4.11. The second kappa shape index (κ2) is 13.4. The molecule has 1 heterocycles. The molecule has 0 radical (unpaired) electrons. The third-order valence-electron chi connectivity index (χ3n) is 4.11. The SMILES string of the molecule is CCNC(=NCCCN(CC)CC)N1CCC(COC)C1.I. The Morgan fingerprint density at radius 1 is 1.32 bits per heavy atom. The van der Waals surface area contributed by atoms with E-state index in [0.717, 1.165) is 64.8 Å². The highest BCUT2D eigenvalue weighted by Gasteiger charge is 2.24. The van der Waals surface area contributed by atoms with Crippen LogP contribution < -0.4 is 5.32 Å². The second-order valence-electron chi connectivity index (χ2n) is 5.67. The van der Waals surface area contributed by atoms with Crippen molar-refractivity contribution in [2.75, 3.05) is 59.5 Å². The highest BCUT2D eigenvalue weighted by Crippen LogP contribution is 2.16. The van der Waals surface area contributed by atoms with E-state index in [1.165, 1.54) is 6.42 Å². The van der Waals surface area contributed by atoms with Crippen LogP contribution in [0.1, 0.15) is 33.6 Å². The predicted molar refractivity (Wildman–Crippen MR) is 105 cm³/mol. The van der Waals surface area contributed by atoms with Crippen LogP contribution in [-0.4, -0.2) is 75.3 Å². The number of hydrogen-bond acceptors (Lipinski definition) is 3. The average Bonchev–Trinajstić information content (AvgIpc) is 2.95. The zero-order valence-corrected chi connectivity index (χ0v) is 17.1. The van der Waals surface area contributed by atoms with Crippen molar-refractivity contribution in [2.45, 2.75) is 33.6 Å². The van der Waals surface area contributed by atoms with E-state index in [1.54, 1.807) is 7.11 Å². The number of guanidine groups is 1. The van der Waals surface area contributed by atoms with Crippen LogP contribution in [0.5, 0.6) is 0 Å². The lowest BCUT2D eigenvalue weighted by molar-refractivity contribution is 0.157. The zero-order valence-electron chi connectivity index (χ0n) is 14.8. The number of aliphatic imine (C=N–C) groups is 1. The van der Waals surface area contributed by atoms with E-state index in [9.17, 15) is 0 Å². The van der Waals surface area contributed by atoms with Gasteiger partial charge < -0.3 is 19.9 Å². The van der Waals surface area contributed by atoms with Crippen molar-refractivity contribution in [2.24, 2.45) is 10.9 Å². The zero-order chi connectivity index (χ0) is 15.5. The van der Waals surface area contributed by atoms with Gasteiger partial charge in [0.15, 0.2) is 5.96 Å². The lowest BCUT2D eigenvalue weighted by Crippen LogP contribution is -2.40. The monoisotopic (exact) mass is 426 g/mol. The molecule has 0 saturated carbocycles. The van der Waals surface area contributed by atoms with E-state index in [4.69, 9.17) is 9.73 Å². The number of halogens is 1. The van der Waals surface area contributed by atoms with Gasteiger partial charge in [-0.25, -0.2) is 0 Å². The molecule has 0 aromatic rings. The van der Waals surface area contributed by atoms with Gasteiger partial charge >= 0.3 is 0 Å². The molecule has 0 bridgehead atoms. The summed E-state index contributed by atoms with van der Waals surface area (Å²) >= 11 is 0. The Morgan fingerprint density at radius 3 is 2.64 bits per heavy atom. The number of likely N-dealkylation sites (tertiary alicyclic amines) is 1. The molecule has 1 atom stereocenters. The molecule has 0 spiro atoms. The van der Waals surface area contributed by atoms with E-state index in [2.05, 4.69) is 35.9 Å². The summed E-state index contributed by atoms with van der Waals surface area (Å²) in [5, 5.41) is 3.42. The molecule has 5 nitrogen and oxygen atoms in total. The van der Waals surface area contributed by atoms with Crippen LogP contribution in [0, 0.1) is 5.92 Å². The summed E-state index contributed by atoms with van der Waals surface area (Å²) < 4.78 is 5.27. The summed E-state index contributed by atoms with van der Waals surface area (Å²) in [4.78, 5) is 9.63. The largest absolute Gasteiger partial charge is 0.384 e. The quantitative estimate of drug-likeness (QED) is 0.266. The molecular weight excluding hydrogens is 391 g/mol. The van der Waals surface area contributed by atoms with Crippen molar-refractivity contribution < 1.29 is 4.74 Å². The Hall–Kier alpha value is -0.0800. The van der Waals surface area contributed by atoms with Gasteiger partial charge in [-0.3, -0.25) is 4.99 Å². The summed E-state index contributed by atoms with van der Waals surface area (Å²) in [7, 11) is 1.79. The molecule has 1 aliphatic heterocycles. The Kier molecular flexibility index (Phi) is 13.3. The first-order valence-electron chi connectivity index (χ1n) is 8.49. The molecule has 0 aromatic heterocycles. The standard InChI is InChI=1S/C16H34N4O.HI/c1-5-17-16(18-10-8-11-19(6-2)7-3)20-12-9-15(13-20)14-21-4;/h15H,5-14H2,1-4H3,(H,17,18);1H. The fraction of sp³-hybridized carbons (Fsp3) is 0.938. The molecule has 22 heavy (non-hydrogen) atoms. The maximum atomic E-state index is 5.27. The lowest BCUT2D eigenvalue weighted by Gasteiger charge is -2.22. The molecule has 132 valence electrons. The van der Waals surface area contributed by atoms with Crippen molar-refractivity contribution in [3.8, 4) is 0 Å². The van der Waals surface area contributed by atoms with E-state index in [1.807, 2.05) is 0 Å². The van der Waals surface area contributed by atoms with Crippen LogP contribution in [0.15, 0.2) is 4.99 Å². The molecule has 1 saturated heterocycles. The number of rotatable bonds is 9. The number of nitrogens with zero attached hydrogens (tertiary/aromatic N) is 3. The molecule has 0 aromatic carbocycles. The van der Waals surface area contributed by atoms with Crippen molar-refractivity contribution >= 4 is 29.9 Å². The number of hydrogen-bond donors (Lipinski definition) is 1. The Balaban J connectivity index is 0.00000441. The van der Waals surface area contributed by atoms with Crippen LogP contribution in [0.2, 0.25) is 0 Å². The first-order valence-corrected chi connectivity index (χ1v) is 8.49. The molecule has 1 rings (SSSR count). The number of nitrogens with one attached hydrogen (secondary N) is 1. The van der Waals surface area contributed by atoms with Crippen molar-refractivity contribution in [3.05, 3.63) is 0 Å². The molecule has 0 aliphatic carbocycles. The summed E-state index contributed by atoms with van der Waals surface area (Å²) in [6.45, 7) is 14.8. The van der Waals surface area contributed by atoms with Gasteiger partial charge in [-0.2, -0.15) is 0 Å². The average molecular weight is 426 g/mol. The predicted octanol–water partition coefficient (Wildman–Crippen LogP) is 2.27. The molecular formula is C16H35IN4O. The molecule has 1 aliphatic rings. The molecule has 1 unspecified atom stereocenters. The Morgan fingerprint density at radius 2 is 2.05 bits per heavy atom. The van der Waals surface area contributed by atoms with Gasteiger partial charge in [0, 0.05) is 39.2 Å². The maximum absolute atomic E-state index is 5.27. The number of ether oxygens (including phenoxy) is 1. The number of methoxy groups -OCH3 is 1. The first kappa shape index (κ1) is 21.9. The Labute approximate surface area is 153 Å². The molecule has 6 heteroatoms. The fourth-order valence-electron chi connectivity index (χ4n) is 2.84. The van der Waals surface area contributed by atoms with Gasteiger partial charge in [0.25, 0.3) is 0 Å². The lowest BCUT2D eigenvalue weighted by atomic mass is 10.1. The molecule has 0 amide bonds. The third kappa shape index (κ3) is 7.97. The smallest absolute Gasteiger partial charge is 0.193 e. The van der Waals surface area contributed by atoms with Crippen LogP contribution in [0.4, 0.5) is 0 Å². The first-order chi connectivity index (χ1) is 10.2. The van der Waals surface area contributed by atoms with Crippen molar-refractivity contribution in [1.82, 2.24) is 15.1 Å². The van der Waals surface area contributed by atoms with E-state index < -0.39 is 0 Å². The highest BCUT2D eigenvalue weighted by atomic mass is 127. The summed E-state index contributed by atoms with van der Waals surface area (Å²) in [6.07, 6.45) is 2.34. The van der Waals surface area contributed by atoms with Gasteiger partial charge in [-0.1, -0.05) is 13.8 Å². The maximum Gasteiger partial charge on any atom is 0.193 e. The fourth-order valence-corrected chi connectivity index (χ4v) is 2.84. The van der Waals surface area contributed by atoms with Crippen molar-refractivity contribution in [3.63, 3.8) is 0 Å². The van der Waals surface area contributed by atoms with Crippen LogP contribution in [0.3, 0.4) is 0 Å². The minimum absolute atomic E-state index is 0. The summed E-state index contributed by atoms with van der Waals surface area (Å²) in [5.74, 6) is 1.73. The second-order valence-corrected chi connectivity index (χ2v) is 5.67. The van der Waals surface area contributed by atoms with E-state index in [-0.39, 0.29) is 24.0 Å². The van der Waals surface area contributed by atoms with Crippen molar-refractivity contribution in [1.29, 1.82) is 0 Å². The van der Waals surface area contributed by atoms with Crippen LogP contribution in [-0.2, 0) is 4.74 Å². The minimum atomic E-state index is 0. The highest BCUT2D eigenvalue weighted by molar-refractivity contribution is 14.0. The molecule has 1 N–H and O–H groups in total. The van der Waals surface area contributed by atoms with Crippen LogP contribution >= 0.6 is 24.0 Å².